The van der Waals surface area contributed by atoms with Gasteiger partial charge in [0.1, 0.15) is 35.2 Å². The largest absolute Gasteiger partial charge is 0.508 e. The quantitative estimate of drug-likeness (QED) is 0.0375. The van der Waals surface area contributed by atoms with Gasteiger partial charge >= 0.3 is 6.09 Å². The van der Waals surface area contributed by atoms with E-state index < -0.39 is 5.60 Å². The Bertz CT molecular complexity index is 4140. The number of aliphatic hydroxyl groups is 1. The molecule has 0 bridgehead atoms. The molecule has 0 spiro atoms. The number of phenols is 3. The Morgan fingerprint density at radius 2 is 0.812 bits per heavy atom. The molecule has 4 aliphatic rings. The molecule has 3 aliphatic heterocycles. The molecule has 0 aromatic heterocycles. The number of likely N-dealkylation sites (tertiary alicyclic amines) is 2. The number of benzene rings is 9. The lowest BCUT2D eigenvalue weighted by molar-refractivity contribution is 0.00818. The number of carbonyl (C=O) groups is 1. The summed E-state index contributed by atoms with van der Waals surface area (Å²) in [5.41, 5.74) is 18.4. The van der Waals surface area contributed by atoms with Gasteiger partial charge in [0.2, 0.25) is 0 Å². The van der Waals surface area contributed by atoms with E-state index in [0.29, 0.717) is 57.7 Å². The summed E-state index contributed by atoms with van der Waals surface area (Å²) >= 11 is 0. The summed E-state index contributed by atoms with van der Waals surface area (Å²) in [5.74, 6) is 4.16. The molecule has 10 nitrogen and oxygen atoms in total. The van der Waals surface area contributed by atoms with Crippen LogP contribution in [0.25, 0.3) is 33.4 Å². The van der Waals surface area contributed by atoms with E-state index in [9.17, 15) is 34.0 Å². The summed E-state index contributed by atoms with van der Waals surface area (Å²) in [6, 6.07) is 78.2. The van der Waals surface area contributed by atoms with Gasteiger partial charge in [0.15, 0.2) is 0 Å². The van der Waals surface area contributed by atoms with Gasteiger partial charge in [-0.1, -0.05) is 194 Å². The van der Waals surface area contributed by atoms with Crippen molar-refractivity contribution < 1.29 is 43.5 Å². The third kappa shape index (κ3) is 19.7. The molecule has 1 saturated carbocycles. The fraction of sp³-hybridized carbons (Fsp3) is 0.315. The molecule has 2 atom stereocenters. The molecular formula is C89H97F2N3O7. The summed E-state index contributed by atoms with van der Waals surface area (Å²) in [6.07, 6.45) is 7.26. The lowest BCUT2D eigenvalue weighted by Gasteiger charge is -2.40. The number of allylic oxidation sites excluding steroid dienone is 3. The second-order valence-corrected chi connectivity index (χ2v) is 28.0. The van der Waals surface area contributed by atoms with Crippen LogP contribution in [0, 0.1) is 11.8 Å². The predicted molar refractivity (Wildman–Crippen MR) is 406 cm³/mol. The van der Waals surface area contributed by atoms with Crippen molar-refractivity contribution in [3.05, 3.63) is 298 Å². The van der Waals surface area contributed by atoms with E-state index in [1.807, 2.05) is 124 Å². The zero-order chi connectivity index (χ0) is 70.5. The van der Waals surface area contributed by atoms with E-state index in [2.05, 4.69) is 107 Å². The van der Waals surface area contributed by atoms with Crippen LogP contribution in [0.3, 0.4) is 0 Å². The number of nitrogens with zero attached hydrogens (tertiary/aromatic N) is 2. The molecule has 4 fully saturated rings. The van der Waals surface area contributed by atoms with Crippen molar-refractivity contribution in [1.82, 2.24) is 15.1 Å². The summed E-state index contributed by atoms with van der Waals surface area (Å²) in [6.45, 7) is 12.6. The van der Waals surface area contributed by atoms with E-state index in [1.54, 1.807) is 41.3 Å². The summed E-state index contributed by atoms with van der Waals surface area (Å²) in [4.78, 5) is 16.6. The highest BCUT2D eigenvalue weighted by Crippen LogP contribution is 2.42. The Hall–Kier alpha value is -9.59. The molecule has 1 amide bonds. The molecule has 3 saturated heterocycles. The van der Waals surface area contributed by atoms with Gasteiger partial charge in [0.25, 0.3) is 0 Å². The fourth-order valence-corrected chi connectivity index (χ4v) is 14.2. The van der Waals surface area contributed by atoms with Crippen molar-refractivity contribution in [3.8, 4) is 23.0 Å². The Labute approximate surface area is 596 Å². The van der Waals surface area contributed by atoms with Crippen molar-refractivity contribution in [2.24, 2.45) is 11.8 Å². The number of phenolic OH excluding ortho intramolecular Hbond substituents is 3. The first-order chi connectivity index (χ1) is 49.2. The first-order valence-corrected chi connectivity index (χ1v) is 36.0. The highest BCUT2D eigenvalue weighted by molar-refractivity contribution is 6.01. The number of ether oxygens (including phenoxy) is 2. The number of alkyl halides is 2. The molecule has 101 heavy (non-hydrogen) atoms. The zero-order valence-electron chi connectivity index (χ0n) is 58.6. The van der Waals surface area contributed by atoms with Crippen LogP contribution in [0.5, 0.6) is 23.0 Å². The van der Waals surface area contributed by atoms with Crippen LogP contribution in [0.2, 0.25) is 0 Å². The second kappa shape index (κ2) is 35.6. The third-order valence-corrected chi connectivity index (χ3v) is 19.7. The topological polar surface area (TPSA) is 135 Å². The molecule has 0 unspecified atom stereocenters. The molecule has 524 valence electrons. The van der Waals surface area contributed by atoms with Gasteiger partial charge < -0.3 is 40.1 Å². The van der Waals surface area contributed by atoms with Crippen LogP contribution in [0.1, 0.15) is 152 Å². The Morgan fingerprint density at radius 3 is 1.16 bits per heavy atom. The van der Waals surface area contributed by atoms with Crippen LogP contribution in [0.15, 0.2) is 237 Å². The molecule has 9 aromatic carbocycles. The Morgan fingerprint density at radius 1 is 0.455 bits per heavy atom. The molecule has 9 aromatic rings. The lowest BCUT2D eigenvalue weighted by Crippen LogP contribution is -2.50. The van der Waals surface area contributed by atoms with Gasteiger partial charge in [0, 0.05) is 45.2 Å². The molecule has 1 aliphatic carbocycles. The molecule has 13 rings (SSSR count). The average molecular weight is 1360 g/mol. The minimum Gasteiger partial charge on any atom is -0.508 e. The van der Waals surface area contributed by atoms with Crippen molar-refractivity contribution in [3.63, 3.8) is 0 Å². The van der Waals surface area contributed by atoms with Crippen LogP contribution >= 0.6 is 0 Å². The highest BCUT2D eigenvalue weighted by atomic mass is 19.1. The van der Waals surface area contributed by atoms with Gasteiger partial charge in [0.05, 0.1) is 13.3 Å². The zero-order valence-corrected chi connectivity index (χ0v) is 58.6. The molecule has 5 N–H and O–H groups in total. The first kappa shape index (κ1) is 72.7. The maximum atomic E-state index is 13.3. The molecule has 0 radical (unpaired) electrons. The van der Waals surface area contributed by atoms with Crippen LogP contribution < -0.4 is 10.1 Å². The molecule has 12 heteroatoms. The number of halogens is 2. The van der Waals surface area contributed by atoms with Crippen LogP contribution in [-0.2, 0) is 4.74 Å². The van der Waals surface area contributed by atoms with Gasteiger partial charge in [-0.2, -0.15) is 0 Å². The number of hydrogen-bond donors (Lipinski definition) is 5. The number of amides is 1. The minimum atomic E-state index is -0.501. The smallest absolute Gasteiger partial charge is 0.410 e. The number of rotatable bonds is 24. The predicted octanol–water partition coefficient (Wildman–Crippen LogP) is 19.5. The van der Waals surface area contributed by atoms with Crippen molar-refractivity contribution in [2.45, 2.75) is 96.0 Å². The van der Waals surface area contributed by atoms with Crippen LogP contribution in [0.4, 0.5) is 13.6 Å². The normalized spacial score (nSPS) is 16.8. The van der Waals surface area contributed by atoms with Gasteiger partial charge in [-0.15, -0.1) is 0 Å². The van der Waals surface area contributed by atoms with Gasteiger partial charge in [-0.3, -0.25) is 13.7 Å². The minimum absolute atomic E-state index is 0.140. The monoisotopic (exact) mass is 1360 g/mol. The maximum absolute atomic E-state index is 13.3. The van der Waals surface area contributed by atoms with Crippen molar-refractivity contribution >= 4 is 39.5 Å². The van der Waals surface area contributed by atoms with Crippen molar-refractivity contribution in [1.29, 1.82) is 0 Å². The number of hydrogen-bond acceptors (Lipinski definition) is 9. The third-order valence-electron chi connectivity index (χ3n) is 19.7. The van der Waals surface area contributed by atoms with Crippen molar-refractivity contribution in [2.75, 3.05) is 72.4 Å². The van der Waals surface area contributed by atoms with Gasteiger partial charge in [-0.25, -0.2) is 4.79 Å². The van der Waals surface area contributed by atoms with E-state index in [-0.39, 0.29) is 49.2 Å². The summed E-state index contributed by atoms with van der Waals surface area (Å²) in [5, 5.41) is 42.6. The summed E-state index contributed by atoms with van der Waals surface area (Å²) in [7, 11) is 0. The maximum Gasteiger partial charge on any atom is 0.410 e. The average Bonchev–Trinajstić information content (AvgIpc) is 1.60. The Kier molecular flexibility index (Phi) is 25.6. The first-order valence-electron chi connectivity index (χ1n) is 36.0. The SMILES string of the molecule is CC(C)(C)OC(=O)N1CC(c2ccc(/C(=C(/CCCF)c3ccccc3)c3ccc(O)cc3)cc2)C1.OCCC/C(=C(\c1ccc(O)cc1)c1ccc(OCCN2C[C@H]3CNC[C@H]3C2)cc1)c1ccccc1.Oc1ccc(/C(=C(\CCCF)c2ccccc2)c2ccc(C3CCC3)cc2)cc1. The second-order valence-electron chi connectivity index (χ2n) is 28.0. The number of nitrogens with one attached hydrogen (secondary N) is 1. The molecule has 3 heterocycles. The molecular weight excluding hydrogens is 1260 g/mol. The number of fused-ring (bicyclic) bond motifs is 1. The van der Waals surface area contributed by atoms with E-state index in [1.165, 1.54) is 49.1 Å². The standard InChI is InChI=1S/C31H34FNO3.C31H36N2O3.C27H27FO/c1-31(2,3)36-30(35)33-20-26(21-33)22-11-13-24(14-12-22)29(25-15-17-27(34)18-16-25)28(10-7-19-32)23-8-5-4-6-9-23;34-17-4-7-30(23-5-2-1-3-6-23)31(24-8-12-28(35)13-9-24)25-10-14-29(15-11-25)36-18-16-33-21-26-19-32-20-27(26)22-33;28-19-5-10-26(22-6-2-1-3-7-22)27(24-15-17-25(29)18-16-24)23-13-11-21(12-14-23)20-8-4-9-20/h4-6,8-9,11-18,26,34H,7,10,19-21H2,1-3H3;1-3,5-6,8-15,26-27,32,34-35H,4,7,16-22H2;1-3,6-7,11-18,20,29H,4-5,8-10,19H2/b29-28+;31-30-;27-26+/t;26-,27+;. The number of aromatic hydroxyl groups is 3. The lowest BCUT2D eigenvalue weighted by atomic mass is 9.79. The fourth-order valence-electron chi connectivity index (χ4n) is 14.2. The highest BCUT2D eigenvalue weighted by Gasteiger charge is 2.36. The number of carbonyl (C=O) groups excluding carboxylic acids is 1. The van der Waals surface area contributed by atoms with Gasteiger partial charge in [-0.05, 0) is 246 Å². The van der Waals surface area contributed by atoms with E-state index >= 15 is 0 Å². The van der Waals surface area contributed by atoms with Crippen LogP contribution in [-0.4, -0.2) is 114 Å². The van der Waals surface area contributed by atoms with E-state index in [4.69, 9.17) is 9.47 Å². The summed E-state index contributed by atoms with van der Waals surface area (Å²) < 4.78 is 38.0. The number of aliphatic hydroxyl groups excluding tert-OH is 1. The Balaban J connectivity index is 0.000000154. The van der Waals surface area contributed by atoms with E-state index in [0.717, 1.165) is 122 Å².